The highest BCUT2D eigenvalue weighted by Crippen LogP contribution is 1.92. The van der Waals surface area contributed by atoms with Crippen molar-refractivity contribution in [2.45, 2.75) is 6.92 Å². The molecule has 1 nitrogen and oxygen atoms in total. The van der Waals surface area contributed by atoms with Gasteiger partial charge in [-0.3, -0.25) is 4.79 Å². The van der Waals surface area contributed by atoms with Crippen LogP contribution in [0, 0.1) is 6.92 Å². The number of carbonyl (C=O) groups is 1. The van der Waals surface area contributed by atoms with Crippen molar-refractivity contribution in [1.29, 1.82) is 0 Å². The van der Waals surface area contributed by atoms with Crippen molar-refractivity contribution in [3.63, 3.8) is 0 Å². The average Bonchev–Trinajstić information content (AvgIpc) is 1.87. The molecule has 60 valence electrons. The fraction of sp³-hybridized carbons (Fsp3) is 0.125. The third-order valence-electron chi connectivity index (χ3n) is 0.940. The van der Waals surface area contributed by atoms with Crippen LogP contribution in [0.4, 0.5) is 4.79 Å². The SMILES string of the molecule is Cc1ccccc1.O=C(S)Cl. The standard InChI is InChI=1S/C7H8.CHClOS/c1-7-5-3-2-4-6-7;2-1(3)4/h2-6H,1H3;(H,3,4). The summed E-state index contributed by atoms with van der Waals surface area (Å²) >= 11 is 7.59. The molecule has 0 spiro atoms. The minimum Gasteiger partial charge on any atom is -0.269 e. The maximum Gasteiger partial charge on any atom is 0.276 e. The predicted octanol–water partition coefficient (Wildman–Crippen LogP) is 3.27. The molecule has 0 N–H and O–H groups in total. The van der Waals surface area contributed by atoms with Gasteiger partial charge < -0.3 is 0 Å². The van der Waals surface area contributed by atoms with Crippen LogP contribution in [0.15, 0.2) is 30.3 Å². The van der Waals surface area contributed by atoms with Gasteiger partial charge in [0.1, 0.15) is 0 Å². The summed E-state index contributed by atoms with van der Waals surface area (Å²) in [6.07, 6.45) is 0. The molecule has 0 bridgehead atoms. The van der Waals surface area contributed by atoms with Crippen molar-refractivity contribution in [1.82, 2.24) is 0 Å². The maximum absolute atomic E-state index is 9.07. The molecular weight excluding hydrogens is 180 g/mol. The van der Waals surface area contributed by atoms with E-state index in [2.05, 4.69) is 43.3 Å². The van der Waals surface area contributed by atoms with E-state index in [1.807, 2.05) is 18.2 Å². The number of benzene rings is 1. The van der Waals surface area contributed by atoms with Crippen molar-refractivity contribution in [2.24, 2.45) is 0 Å². The highest BCUT2D eigenvalue weighted by Gasteiger charge is 1.72. The molecule has 0 aliphatic rings. The molecule has 1 rings (SSSR count). The first-order chi connectivity index (χ1) is 5.13. The molecule has 0 saturated carbocycles. The van der Waals surface area contributed by atoms with E-state index in [-0.39, 0.29) is 0 Å². The minimum absolute atomic E-state index is 0.667. The first-order valence-electron chi connectivity index (χ1n) is 3.03. The fourth-order valence-corrected chi connectivity index (χ4v) is 0.534. The van der Waals surface area contributed by atoms with E-state index in [0.717, 1.165) is 0 Å². The Morgan fingerprint density at radius 2 is 1.73 bits per heavy atom. The van der Waals surface area contributed by atoms with E-state index in [1.54, 1.807) is 0 Å². The molecule has 0 atom stereocenters. The summed E-state index contributed by atoms with van der Waals surface area (Å²) in [6.45, 7) is 2.08. The third-order valence-corrected chi connectivity index (χ3v) is 0.940. The lowest BCUT2D eigenvalue weighted by Crippen LogP contribution is -1.62. The van der Waals surface area contributed by atoms with Crippen molar-refractivity contribution >= 4 is 28.8 Å². The van der Waals surface area contributed by atoms with Gasteiger partial charge in [-0.2, -0.15) is 0 Å². The summed E-state index contributed by atoms with van der Waals surface area (Å²) < 4.78 is -0.667. The van der Waals surface area contributed by atoms with Gasteiger partial charge in [0.2, 0.25) is 0 Å². The van der Waals surface area contributed by atoms with Gasteiger partial charge in [-0.25, -0.2) is 0 Å². The van der Waals surface area contributed by atoms with Crippen LogP contribution in [0.3, 0.4) is 0 Å². The molecule has 0 aliphatic heterocycles. The number of hydrogen-bond acceptors (Lipinski definition) is 1. The zero-order chi connectivity index (χ0) is 8.69. The average molecular weight is 189 g/mol. The molecule has 0 radical (unpaired) electrons. The minimum atomic E-state index is -0.667. The molecule has 0 unspecified atom stereocenters. The number of thiol groups is 1. The van der Waals surface area contributed by atoms with Crippen molar-refractivity contribution in [3.8, 4) is 0 Å². The number of aryl methyl sites for hydroxylation is 1. The molecule has 0 amide bonds. The van der Waals surface area contributed by atoms with Crippen LogP contribution in [0.1, 0.15) is 5.56 Å². The molecule has 11 heavy (non-hydrogen) atoms. The van der Waals surface area contributed by atoms with Crippen LogP contribution in [0.5, 0.6) is 0 Å². The van der Waals surface area contributed by atoms with Gasteiger partial charge >= 0.3 is 0 Å². The van der Waals surface area contributed by atoms with Crippen LogP contribution < -0.4 is 0 Å². The van der Waals surface area contributed by atoms with Gasteiger partial charge in [0.25, 0.3) is 4.57 Å². The van der Waals surface area contributed by atoms with Crippen LogP contribution in [-0.4, -0.2) is 4.57 Å². The summed E-state index contributed by atoms with van der Waals surface area (Å²) in [4.78, 5) is 9.07. The topological polar surface area (TPSA) is 17.1 Å². The summed E-state index contributed by atoms with van der Waals surface area (Å²) in [5, 5.41) is 0. The van der Waals surface area contributed by atoms with Gasteiger partial charge in [0.05, 0.1) is 0 Å². The Hall–Kier alpha value is -0.470. The predicted molar refractivity (Wildman–Crippen MR) is 51.4 cm³/mol. The van der Waals surface area contributed by atoms with Gasteiger partial charge in [0, 0.05) is 0 Å². The fourth-order valence-electron chi connectivity index (χ4n) is 0.534. The summed E-state index contributed by atoms with van der Waals surface area (Å²) in [7, 11) is 0. The second-order valence-corrected chi connectivity index (χ2v) is 2.92. The lowest BCUT2D eigenvalue weighted by atomic mass is 10.2. The Balaban J connectivity index is 0.000000218. The normalized spacial score (nSPS) is 7.91. The number of hydrogen-bond donors (Lipinski definition) is 1. The lowest BCUT2D eigenvalue weighted by molar-refractivity contribution is 0.276. The van der Waals surface area contributed by atoms with Crippen molar-refractivity contribution in [3.05, 3.63) is 35.9 Å². The van der Waals surface area contributed by atoms with E-state index in [9.17, 15) is 0 Å². The molecule has 0 aromatic heterocycles. The third kappa shape index (κ3) is 9.53. The molecule has 0 aliphatic carbocycles. The van der Waals surface area contributed by atoms with Crippen LogP contribution in [0.25, 0.3) is 0 Å². The molecular formula is C8H9ClOS. The molecule has 1 aromatic rings. The second-order valence-electron chi connectivity index (χ2n) is 1.91. The number of carbonyl (C=O) groups excluding carboxylic acids is 1. The van der Waals surface area contributed by atoms with Crippen molar-refractivity contribution < 1.29 is 4.79 Å². The number of halogens is 1. The Labute approximate surface area is 76.8 Å². The van der Waals surface area contributed by atoms with E-state index >= 15 is 0 Å². The number of rotatable bonds is 0. The van der Waals surface area contributed by atoms with Gasteiger partial charge in [0.15, 0.2) is 0 Å². The monoisotopic (exact) mass is 188 g/mol. The Kier molecular flexibility index (Phi) is 5.99. The van der Waals surface area contributed by atoms with Crippen LogP contribution in [0.2, 0.25) is 0 Å². The molecule has 3 heteroatoms. The first-order valence-corrected chi connectivity index (χ1v) is 3.85. The molecule has 0 heterocycles. The van der Waals surface area contributed by atoms with Gasteiger partial charge in [-0.05, 0) is 18.5 Å². The van der Waals surface area contributed by atoms with E-state index in [1.165, 1.54) is 5.56 Å². The zero-order valence-corrected chi connectivity index (χ0v) is 7.77. The second kappa shape index (κ2) is 6.25. The smallest absolute Gasteiger partial charge is 0.269 e. The van der Waals surface area contributed by atoms with Crippen LogP contribution >= 0.6 is 24.2 Å². The summed E-state index contributed by atoms with van der Waals surface area (Å²) in [5.74, 6) is 0. The van der Waals surface area contributed by atoms with Crippen LogP contribution in [-0.2, 0) is 0 Å². The molecule has 1 aromatic carbocycles. The lowest BCUT2D eigenvalue weighted by Gasteiger charge is -1.82. The highest BCUT2D eigenvalue weighted by atomic mass is 35.5. The van der Waals surface area contributed by atoms with Gasteiger partial charge in [-0.15, -0.1) is 0 Å². The molecule has 0 saturated heterocycles. The Morgan fingerprint density at radius 1 is 1.36 bits per heavy atom. The van der Waals surface area contributed by atoms with E-state index in [0.29, 0.717) is 0 Å². The quantitative estimate of drug-likeness (QED) is 0.489. The Bertz CT molecular complexity index is 207. The zero-order valence-electron chi connectivity index (χ0n) is 6.12. The Morgan fingerprint density at radius 3 is 1.91 bits per heavy atom. The van der Waals surface area contributed by atoms with Crippen molar-refractivity contribution in [2.75, 3.05) is 0 Å². The van der Waals surface area contributed by atoms with E-state index in [4.69, 9.17) is 4.79 Å². The largest absolute Gasteiger partial charge is 0.276 e. The van der Waals surface area contributed by atoms with Gasteiger partial charge in [-0.1, -0.05) is 48.5 Å². The highest BCUT2D eigenvalue weighted by molar-refractivity contribution is 8.00. The summed E-state index contributed by atoms with van der Waals surface area (Å²) in [6, 6.07) is 10.3. The molecule has 0 fully saturated rings. The first kappa shape index (κ1) is 10.5. The maximum atomic E-state index is 9.07. The van der Waals surface area contributed by atoms with E-state index < -0.39 is 4.57 Å². The summed E-state index contributed by atoms with van der Waals surface area (Å²) in [5.41, 5.74) is 1.32.